The van der Waals surface area contributed by atoms with Crippen molar-refractivity contribution in [3.63, 3.8) is 0 Å². The van der Waals surface area contributed by atoms with Crippen LogP contribution in [0.4, 0.5) is 0 Å². The van der Waals surface area contributed by atoms with Crippen molar-refractivity contribution in [1.29, 1.82) is 0 Å². The van der Waals surface area contributed by atoms with E-state index in [1.807, 2.05) is 29.2 Å². The molecule has 1 aliphatic heterocycles. The standard InChI is InChI=1S/C19H19N3O3S/c1-25-15-8-5-10-21(19(15)24)12-17(23)22-11-4-7-14(22)18-20-13-6-2-3-9-16(13)26-18/h2-3,5-6,8-10,14H,4,7,11-12H2,1H3/t14-/m1/s1. The van der Waals surface area contributed by atoms with Gasteiger partial charge in [-0.1, -0.05) is 12.1 Å². The molecule has 6 nitrogen and oxygen atoms in total. The molecule has 1 atom stereocenters. The first-order valence-electron chi connectivity index (χ1n) is 8.56. The largest absolute Gasteiger partial charge is 0.491 e. The zero-order valence-electron chi connectivity index (χ0n) is 14.4. The van der Waals surface area contributed by atoms with Crippen LogP contribution in [0.2, 0.25) is 0 Å². The molecule has 134 valence electrons. The molecule has 3 heterocycles. The number of amides is 1. The SMILES string of the molecule is COc1cccn(CC(=O)N2CCC[C@@H]2c2nc3ccccc3s2)c1=O. The van der Waals surface area contributed by atoms with Gasteiger partial charge >= 0.3 is 0 Å². The Balaban J connectivity index is 1.58. The first kappa shape index (κ1) is 16.8. The van der Waals surface area contributed by atoms with E-state index in [1.54, 1.807) is 29.7 Å². The monoisotopic (exact) mass is 369 g/mol. The smallest absolute Gasteiger partial charge is 0.293 e. The molecule has 3 aromatic rings. The number of hydrogen-bond donors (Lipinski definition) is 0. The van der Waals surface area contributed by atoms with E-state index in [2.05, 4.69) is 0 Å². The van der Waals surface area contributed by atoms with Gasteiger partial charge in [0.25, 0.3) is 5.56 Å². The lowest BCUT2D eigenvalue weighted by Crippen LogP contribution is -2.36. The minimum Gasteiger partial charge on any atom is -0.491 e. The van der Waals surface area contributed by atoms with E-state index >= 15 is 0 Å². The number of hydrogen-bond acceptors (Lipinski definition) is 5. The van der Waals surface area contributed by atoms with Gasteiger partial charge in [-0.25, -0.2) is 4.98 Å². The van der Waals surface area contributed by atoms with Crippen molar-refractivity contribution < 1.29 is 9.53 Å². The maximum atomic E-state index is 12.9. The van der Waals surface area contributed by atoms with Crippen LogP contribution >= 0.6 is 11.3 Å². The summed E-state index contributed by atoms with van der Waals surface area (Å²) in [6.07, 6.45) is 3.46. The zero-order chi connectivity index (χ0) is 18.1. The molecule has 1 aromatic carbocycles. The van der Waals surface area contributed by atoms with Crippen molar-refractivity contribution in [3.05, 3.63) is 58.0 Å². The van der Waals surface area contributed by atoms with E-state index < -0.39 is 0 Å². The summed E-state index contributed by atoms with van der Waals surface area (Å²) in [5, 5.41) is 0.968. The molecular weight excluding hydrogens is 350 g/mol. The van der Waals surface area contributed by atoms with Crippen LogP contribution in [0.25, 0.3) is 10.2 Å². The molecule has 0 aliphatic carbocycles. The van der Waals surface area contributed by atoms with Gasteiger partial charge < -0.3 is 14.2 Å². The lowest BCUT2D eigenvalue weighted by atomic mass is 10.2. The number of thiazole rings is 1. The Hall–Kier alpha value is -2.67. The van der Waals surface area contributed by atoms with Crippen molar-refractivity contribution in [2.24, 2.45) is 0 Å². The van der Waals surface area contributed by atoms with E-state index in [9.17, 15) is 9.59 Å². The maximum absolute atomic E-state index is 12.9. The number of methoxy groups -OCH3 is 1. The van der Waals surface area contributed by atoms with Crippen molar-refractivity contribution in [2.45, 2.75) is 25.4 Å². The summed E-state index contributed by atoms with van der Waals surface area (Å²) in [6.45, 7) is 0.704. The molecule has 2 aromatic heterocycles. The highest BCUT2D eigenvalue weighted by Crippen LogP contribution is 2.36. The Morgan fingerprint density at radius 3 is 2.96 bits per heavy atom. The first-order valence-corrected chi connectivity index (χ1v) is 9.37. The Morgan fingerprint density at radius 2 is 2.15 bits per heavy atom. The predicted molar refractivity (Wildman–Crippen MR) is 101 cm³/mol. The first-order chi connectivity index (χ1) is 12.7. The van der Waals surface area contributed by atoms with Crippen LogP contribution < -0.4 is 10.3 Å². The lowest BCUT2D eigenvalue weighted by molar-refractivity contribution is -0.132. The van der Waals surface area contributed by atoms with E-state index in [-0.39, 0.29) is 29.8 Å². The maximum Gasteiger partial charge on any atom is 0.293 e. The summed E-state index contributed by atoms with van der Waals surface area (Å²) in [5.74, 6) is 0.173. The number of benzene rings is 1. The fourth-order valence-corrected chi connectivity index (χ4v) is 4.50. The molecule has 1 amide bonds. The fraction of sp³-hybridized carbons (Fsp3) is 0.316. The number of carbonyl (C=O) groups is 1. The highest BCUT2D eigenvalue weighted by molar-refractivity contribution is 7.18. The van der Waals surface area contributed by atoms with Gasteiger partial charge in [-0.3, -0.25) is 9.59 Å². The van der Waals surface area contributed by atoms with E-state index in [1.165, 1.54) is 11.7 Å². The molecule has 26 heavy (non-hydrogen) atoms. The van der Waals surface area contributed by atoms with Gasteiger partial charge in [-0.05, 0) is 37.1 Å². The molecule has 0 radical (unpaired) electrons. The third-order valence-corrected chi connectivity index (χ3v) is 5.82. The van der Waals surface area contributed by atoms with Gasteiger partial charge in [0.1, 0.15) is 11.6 Å². The molecule has 0 spiro atoms. The second-order valence-electron chi connectivity index (χ2n) is 6.27. The number of aromatic nitrogens is 2. The van der Waals surface area contributed by atoms with Crippen LogP contribution in [0.3, 0.4) is 0 Å². The van der Waals surface area contributed by atoms with Crippen LogP contribution in [0.5, 0.6) is 5.75 Å². The summed E-state index contributed by atoms with van der Waals surface area (Å²) in [7, 11) is 1.45. The van der Waals surface area contributed by atoms with Crippen molar-refractivity contribution in [1.82, 2.24) is 14.5 Å². The molecule has 0 bridgehead atoms. The number of pyridine rings is 1. The molecule has 0 saturated carbocycles. The van der Waals surface area contributed by atoms with Crippen molar-refractivity contribution in [3.8, 4) is 5.75 Å². The number of fused-ring (bicyclic) bond motifs is 1. The van der Waals surface area contributed by atoms with E-state index in [0.717, 1.165) is 28.1 Å². The van der Waals surface area contributed by atoms with Crippen LogP contribution in [-0.2, 0) is 11.3 Å². The number of ether oxygens (including phenoxy) is 1. The molecular formula is C19H19N3O3S. The number of para-hydroxylation sites is 1. The summed E-state index contributed by atoms with van der Waals surface area (Å²) in [6, 6.07) is 11.3. The highest BCUT2D eigenvalue weighted by atomic mass is 32.1. The molecule has 1 fully saturated rings. The summed E-state index contributed by atoms with van der Waals surface area (Å²) in [5.41, 5.74) is 0.676. The lowest BCUT2D eigenvalue weighted by Gasteiger charge is -2.23. The third kappa shape index (κ3) is 2.99. The van der Waals surface area contributed by atoms with Crippen LogP contribution in [-0.4, -0.2) is 34.0 Å². The fourth-order valence-electron chi connectivity index (χ4n) is 3.39. The second kappa shape index (κ2) is 6.92. The van der Waals surface area contributed by atoms with Crippen LogP contribution in [0.1, 0.15) is 23.9 Å². The van der Waals surface area contributed by atoms with Gasteiger partial charge in [0, 0.05) is 12.7 Å². The Labute approximate surface area is 154 Å². The molecule has 0 N–H and O–H groups in total. The predicted octanol–water partition coefficient (Wildman–Crippen LogP) is 2.83. The second-order valence-corrected chi connectivity index (χ2v) is 7.34. The zero-order valence-corrected chi connectivity index (χ0v) is 15.2. The number of nitrogens with zero attached hydrogens (tertiary/aromatic N) is 3. The third-order valence-electron chi connectivity index (χ3n) is 4.68. The summed E-state index contributed by atoms with van der Waals surface area (Å²) >= 11 is 1.64. The van der Waals surface area contributed by atoms with Gasteiger partial charge in [0.2, 0.25) is 5.91 Å². The average Bonchev–Trinajstić information content (AvgIpc) is 3.29. The average molecular weight is 369 g/mol. The molecule has 7 heteroatoms. The number of rotatable bonds is 4. The van der Waals surface area contributed by atoms with Gasteiger partial charge in [-0.15, -0.1) is 11.3 Å². The quantitative estimate of drug-likeness (QED) is 0.709. The molecule has 4 rings (SSSR count). The van der Waals surface area contributed by atoms with Gasteiger partial charge in [-0.2, -0.15) is 0 Å². The number of carbonyl (C=O) groups excluding carboxylic acids is 1. The molecule has 1 aliphatic rings. The summed E-state index contributed by atoms with van der Waals surface area (Å²) in [4.78, 5) is 31.7. The minimum absolute atomic E-state index is 0.0113. The van der Waals surface area contributed by atoms with E-state index in [0.29, 0.717) is 6.54 Å². The highest BCUT2D eigenvalue weighted by Gasteiger charge is 2.32. The van der Waals surface area contributed by atoms with E-state index in [4.69, 9.17) is 9.72 Å². The van der Waals surface area contributed by atoms with Crippen LogP contribution in [0, 0.1) is 0 Å². The molecule has 0 unspecified atom stereocenters. The number of likely N-dealkylation sites (tertiary alicyclic amines) is 1. The Morgan fingerprint density at radius 1 is 1.31 bits per heavy atom. The van der Waals surface area contributed by atoms with Crippen LogP contribution in [0.15, 0.2) is 47.4 Å². The van der Waals surface area contributed by atoms with Crippen molar-refractivity contribution in [2.75, 3.05) is 13.7 Å². The van der Waals surface area contributed by atoms with Crippen molar-refractivity contribution >= 4 is 27.5 Å². The van der Waals surface area contributed by atoms with Gasteiger partial charge in [0.05, 0.1) is 23.4 Å². The summed E-state index contributed by atoms with van der Waals surface area (Å²) < 4.78 is 7.58. The molecule has 1 saturated heterocycles. The Kier molecular flexibility index (Phi) is 4.46. The van der Waals surface area contributed by atoms with Gasteiger partial charge in [0.15, 0.2) is 5.75 Å². The normalized spacial score (nSPS) is 17.0. The topological polar surface area (TPSA) is 64.4 Å². The Bertz CT molecular complexity index is 977. The minimum atomic E-state index is -0.293.